The molecule has 1 saturated heterocycles. The minimum Gasteiger partial charge on any atom is -0.481 e. The first-order chi connectivity index (χ1) is 15.9. The van der Waals surface area contributed by atoms with Crippen LogP contribution in [0.25, 0.3) is 0 Å². The van der Waals surface area contributed by atoms with Crippen LogP contribution in [-0.4, -0.2) is 34.2 Å². The monoisotopic (exact) mass is 445 g/mol. The Balaban J connectivity index is 1.60. The van der Waals surface area contributed by atoms with E-state index in [0.717, 1.165) is 11.1 Å². The molecule has 3 aromatic rings. The molecule has 170 valence electrons. The van der Waals surface area contributed by atoms with Crippen LogP contribution in [0.2, 0.25) is 0 Å². The molecule has 2 N–H and O–H groups in total. The number of nitrogens with zero attached hydrogens (tertiary/aromatic N) is 1. The summed E-state index contributed by atoms with van der Waals surface area (Å²) in [5.74, 6) is -2.00. The molecule has 0 spiro atoms. The van der Waals surface area contributed by atoms with Crippen molar-refractivity contribution in [2.45, 2.75) is 30.9 Å². The van der Waals surface area contributed by atoms with Gasteiger partial charge < -0.3 is 10.2 Å². The molecule has 0 amide bonds. The van der Waals surface area contributed by atoms with Crippen LogP contribution >= 0.6 is 0 Å². The third-order valence-corrected chi connectivity index (χ3v) is 7.75. The van der Waals surface area contributed by atoms with Gasteiger partial charge >= 0.3 is 5.97 Å². The molecular formula is C28H28FNO3. The Morgan fingerprint density at radius 1 is 0.970 bits per heavy atom. The molecule has 0 bridgehead atoms. The summed E-state index contributed by atoms with van der Waals surface area (Å²) in [7, 11) is 0. The lowest BCUT2D eigenvalue weighted by molar-refractivity contribution is -0.169. The summed E-state index contributed by atoms with van der Waals surface area (Å²) in [5, 5.41) is 22.8. The fraction of sp³-hybridized carbons (Fsp3) is 0.321. The first kappa shape index (κ1) is 21.8. The van der Waals surface area contributed by atoms with Crippen LogP contribution in [0.15, 0.2) is 84.9 Å². The maximum absolute atomic E-state index is 13.7. The van der Waals surface area contributed by atoms with Gasteiger partial charge in [-0.05, 0) is 41.7 Å². The predicted molar refractivity (Wildman–Crippen MR) is 124 cm³/mol. The quantitative estimate of drug-likeness (QED) is 0.593. The summed E-state index contributed by atoms with van der Waals surface area (Å²) < 4.78 is 13.7. The van der Waals surface area contributed by atoms with Crippen molar-refractivity contribution in [3.8, 4) is 0 Å². The molecule has 1 aliphatic carbocycles. The Morgan fingerprint density at radius 2 is 1.61 bits per heavy atom. The number of aliphatic carboxylic acids is 1. The van der Waals surface area contributed by atoms with Crippen molar-refractivity contribution < 1.29 is 19.4 Å². The van der Waals surface area contributed by atoms with Crippen LogP contribution in [-0.2, 0) is 16.9 Å². The van der Waals surface area contributed by atoms with Gasteiger partial charge in [0, 0.05) is 31.5 Å². The normalized spacial score (nSPS) is 29.5. The van der Waals surface area contributed by atoms with E-state index in [4.69, 9.17) is 0 Å². The van der Waals surface area contributed by atoms with Gasteiger partial charge in [0.1, 0.15) is 5.82 Å². The predicted octanol–water partition coefficient (Wildman–Crippen LogP) is 4.79. The van der Waals surface area contributed by atoms with Gasteiger partial charge in [-0.25, -0.2) is 4.39 Å². The molecule has 4 atom stereocenters. The molecule has 0 aromatic heterocycles. The number of likely N-dealkylation sites (tertiary alicyclic amines) is 1. The number of carboxylic acids is 1. The standard InChI is InChI=1S/C28H28FNO3/c29-23-13-11-22(12-14-23)28(33)16-15-24(21-9-5-2-6-10-21)27(26(31)32)19-30(18-25(27)28)17-20-7-3-1-4-8-20/h1-14,24-25,33H,15-19H2,(H,31,32). The van der Waals surface area contributed by atoms with Crippen molar-refractivity contribution in [3.05, 3.63) is 107 Å². The van der Waals surface area contributed by atoms with Crippen molar-refractivity contribution in [2.24, 2.45) is 11.3 Å². The molecule has 5 heteroatoms. The lowest BCUT2D eigenvalue weighted by atomic mass is 9.53. The van der Waals surface area contributed by atoms with Crippen molar-refractivity contribution >= 4 is 5.97 Å². The van der Waals surface area contributed by atoms with Crippen LogP contribution in [0.1, 0.15) is 35.4 Å². The van der Waals surface area contributed by atoms with E-state index in [1.807, 2.05) is 60.7 Å². The number of rotatable bonds is 5. The molecule has 0 radical (unpaired) electrons. The average molecular weight is 446 g/mol. The smallest absolute Gasteiger partial charge is 0.312 e. The number of halogens is 1. The molecule has 3 aromatic carbocycles. The van der Waals surface area contributed by atoms with Gasteiger partial charge in [-0.15, -0.1) is 0 Å². The molecule has 1 saturated carbocycles. The third kappa shape index (κ3) is 3.65. The van der Waals surface area contributed by atoms with Gasteiger partial charge in [-0.3, -0.25) is 9.69 Å². The van der Waals surface area contributed by atoms with Crippen LogP contribution in [0.4, 0.5) is 4.39 Å². The first-order valence-corrected chi connectivity index (χ1v) is 11.5. The van der Waals surface area contributed by atoms with E-state index in [1.165, 1.54) is 12.1 Å². The Bertz CT molecular complexity index is 1120. The topological polar surface area (TPSA) is 60.8 Å². The van der Waals surface area contributed by atoms with E-state index in [0.29, 0.717) is 38.0 Å². The largest absolute Gasteiger partial charge is 0.481 e. The zero-order valence-corrected chi connectivity index (χ0v) is 18.4. The Morgan fingerprint density at radius 3 is 2.24 bits per heavy atom. The van der Waals surface area contributed by atoms with E-state index in [1.54, 1.807) is 12.1 Å². The zero-order valence-electron chi connectivity index (χ0n) is 18.4. The number of benzene rings is 3. The number of carboxylic acid groups (broad SMARTS) is 1. The van der Waals surface area contributed by atoms with Crippen LogP contribution in [0, 0.1) is 17.2 Å². The molecule has 4 unspecified atom stereocenters. The van der Waals surface area contributed by atoms with E-state index >= 15 is 0 Å². The van der Waals surface area contributed by atoms with Gasteiger partial charge in [-0.1, -0.05) is 72.8 Å². The minimum absolute atomic E-state index is 0.220. The zero-order chi connectivity index (χ0) is 23.1. The van der Waals surface area contributed by atoms with Gasteiger partial charge in [0.2, 0.25) is 0 Å². The highest BCUT2D eigenvalue weighted by Gasteiger charge is 2.66. The second-order valence-corrected chi connectivity index (χ2v) is 9.49. The number of carbonyl (C=O) groups is 1. The summed E-state index contributed by atoms with van der Waals surface area (Å²) in [4.78, 5) is 15.3. The Hall–Kier alpha value is -3.02. The van der Waals surface area contributed by atoms with E-state index in [9.17, 15) is 19.4 Å². The Kier molecular flexibility index (Phi) is 5.55. The number of hydrogen-bond donors (Lipinski definition) is 2. The van der Waals surface area contributed by atoms with Crippen molar-refractivity contribution in [2.75, 3.05) is 13.1 Å². The SMILES string of the molecule is O=C(O)C12CN(Cc3ccccc3)CC1C(O)(c1ccc(F)cc1)CCC2c1ccccc1. The molecule has 2 aliphatic rings. The molecule has 1 heterocycles. The lowest BCUT2D eigenvalue weighted by Crippen LogP contribution is -2.56. The highest BCUT2D eigenvalue weighted by molar-refractivity contribution is 5.78. The van der Waals surface area contributed by atoms with Crippen LogP contribution < -0.4 is 0 Å². The number of hydrogen-bond acceptors (Lipinski definition) is 3. The fourth-order valence-electron chi connectivity index (χ4n) is 6.25. The summed E-state index contributed by atoms with van der Waals surface area (Å²) in [6, 6.07) is 25.7. The van der Waals surface area contributed by atoms with Crippen molar-refractivity contribution in [1.29, 1.82) is 0 Å². The Labute approximate surface area is 193 Å². The highest BCUT2D eigenvalue weighted by Crippen LogP contribution is 2.61. The van der Waals surface area contributed by atoms with Gasteiger partial charge in [0.05, 0.1) is 11.0 Å². The van der Waals surface area contributed by atoms with Gasteiger partial charge in [-0.2, -0.15) is 0 Å². The average Bonchev–Trinajstić information content (AvgIpc) is 3.22. The van der Waals surface area contributed by atoms with Gasteiger partial charge in [0.25, 0.3) is 0 Å². The molecular weight excluding hydrogens is 417 g/mol. The van der Waals surface area contributed by atoms with Crippen molar-refractivity contribution in [3.63, 3.8) is 0 Å². The second-order valence-electron chi connectivity index (χ2n) is 9.49. The van der Waals surface area contributed by atoms with E-state index < -0.39 is 22.9 Å². The third-order valence-electron chi connectivity index (χ3n) is 7.75. The summed E-state index contributed by atoms with van der Waals surface area (Å²) in [6.07, 6.45) is 0.969. The number of aliphatic hydroxyl groups is 1. The van der Waals surface area contributed by atoms with Crippen molar-refractivity contribution in [1.82, 2.24) is 4.90 Å². The molecule has 1 aliphatic heterocycles. The van der Waals surface area contributed by atoms with Crippen LogP contribution in [0.5, 0.6) is 0 Å². The molecule has 5 rings (SSSR count). The first-order valence-electron chi connectivity index (χ1n) is 11.5. The molecule has 2 fully saturated rings. The van der Waals surface area contributed by atoms with Crippen LogP contribution in [0.3, 0.4) is 0 Å². The summed E-state index contributed by atoms with van der Waals surface area (Å²) >= 11 is 0. The number of fused-ring (bicyclic) bond motifs is 1. The summed E-state index contributed by atoms with van der Waals surface area (Å²) in [5.41, 5.74) is 0.193. The highest BCUT2D eigenvalue weighted by atomic mass is 19.1. The fourth-order valence-corrected chi connectivity index (χ4v) is 6.25. The molecule has 33 heavy (non-hydrogen) atoms. The van der Waals surface area contributed by atoms with E-state index in [2.05, 4.69) is 4.90 Å². The lowest BCUT2D eigenvalue weighted by Gasteiger charge is -2.51. The second kappa shape index (κ2) is 8.40. The maximum Gasteiger partial charge on any atom is 0.312 e. The maximum atomic E-state index is 13.7. The van der Waals surface area contributed by atoms with Gasteiger partial charge in [0.15, 0.2) is 0 Å². The van der Waals surface area contributed by atoms with E-state index in [-0.39, 0.29) is 11.7 Å². The molecule has 4 nitrogen and oxygen atoms in total. The minimum atomic E-state index is -1.34. The summed E-state index contributed by atoms with van der Waals surface area (Å²) in [6.45, 7) is 1.43.